The van der Waals surface area contributed by atoms with Gasteiger partial charge in [0.2, 0.25) is 0 Å². The van der Waals surface area contributed by atoms with Gasteiger partial charge in [-0.1, -0.05) is 48.5 Å². The van der Waals surface area contributed by atoms with Crippen molar-refractivity contribution in [1.82, 2.24) is 25.4 Å². The summed E-state index contributed by atoms with van der Waals surface area (Å²) in [6, 6.07) is 17.1. The predicted molar refractivity (Wildman–Crippen MR) is 123 cm³/mol. The second-order valence-electron chi connectivity index (χ2n) is 7.66. The number of benzene rings is 2. The van der Waals surface area contributed by atoms with Gasteiger partial charge in [-0.15, -0.1) is 0 Å². The Morgan fingerprint density at radius 2 is 2.03 bits per heavy atom. The maximum atomic E-state index is 5.71. The Balaban J connectivity index is 1.44. The van der Waals surface area contributed by atoms with E-state index in [1.54, 1.807) is 12.7 Å². The first-order valence-corrected chi connectivity index (χ1v) is 10.9. The molecule has 2 aromatic carbocycles. The van der Waals surface area contributed by atoms with Gasteiger partial charge in [0.15, 0.2) is 5.96 Å². The Kier molecular flexibility index (Phi) is 7.28. The van der Waals surface area contributed by atoms with Crippen LogP contribution < -0.4 is 10.6 Å². The first-order valence-electron chi connectivity index (χ1n) is 10.9. The number of hydrogen-bond donors (Lipinski definition) is 2. The molecule has 0 saturated carbocycles. The number of aromatic nitrogens is 3. The molecule has 7 nitrogen and oxygen atoms in total. The molecule has 0 spiro atoms. The molecular weight excluding hydrogens is 388 g/mol. The van der Waals surface area contributed by atoms with E-state index >= 15 is 0 Å². The molecule has 0 radical (unpaired) electrons. The number of hydrogen-bond acceptors (Lipinski definition) is 4. The third-order valence-electron chi connectivity index (χ3n) is 5.37. The minimum Gasteiger partial charge on any atom is -0.376 e. The van der Waals surface area contributed by atoms with Crippen molar-refractivity contribution in [1.29, 1.82) is 0 Å². The highest BCUT2D eigenvalue weighted by atomic mass is 16.5. The van der Waals surface area contributed by atoms with Crippen molar-refractivity contribution in [2.45, 2.75) is 39.0 Å². The smallest absolute Gasteiger partial charge is 0.191 e. The lowest BCUT2D eigenvalue weighted by Crippen LogP contribution is -2.41. The molecule has 1 aromatic heterocycles. The van der Waals surface area contributed by atoms with Gasteiger partial charge in [0, 0.05) is 19.7 Å². The summed E-state index contributed by atoms with van der Waals surface area (Å²) < 4.78 is 7.53. The molecule has 2 N–H and O–H groups in total. The number of guanidine groups is 1. The Labute approximate surface area is 183 Å². The predicted octanol–water partition coefficient (Wildman–Crippen LogP) is 3.23. The van der Waals surface area contributed by atoms with Crippen molar-refractivity contribution in [2.24, 2.45) is 4.99 Å². The zero-order chi connectivity index (χ0) is 21.3. The molecule has 1 fully saturated rings. The molecule has 1 aliphatic heterocycles. The van der Waals surface area contributed by atoms with Crippen LogP contribution in [0.4, 0.5) is 0 Å². The summed E-state index contributed by atoms with van der Waals surface area (Å²) in [7, 11) is 0. The molecule has 1 unspecified atom stereocenters. The van der Waals surface area contributed by atoms with E-state index in [0.29, 0.717) is 13.1 Å². The second kappa shape index (κ2) is 10.7. The van der Waals surface area contributed by atoms with Gasteiger partial charge in [0.05, 0.1) is 19.2 Å². The molecule has 0 amide bonds. The van der Waals surface area contributed by atoms with Crippen molar-refractivity contribution in [2.75, 3.05) is 19.7 Å². The van der Waals surface area contributed by atoms with Crippen LogP contribution in [0.1, 0.15) is 30.9 Å². The lowest BCUT2D eigenvalue weighted by atomic mass is 9.98. The Bertz CT molecular complexity index is 962. The SMILES string of the molecule is CCNC(=NCc1ccccc1-c1ccc(Cn2cncn2)cc1)NCC1CCCO1. The van der Waals surface area contributed by atoms with Crippen molar-refractivity contribution in [3.63, 3.8) is 0 Å². The van der Waals surface area contributed by atoms with Gasteiger partial charge in [0.1, 0.15) is 12.7 Å². The van der Waals surface area contributed by atoms with E-state index in [1.165, 1.54) is 22.3 Å². The van der Waals surface area contributed by atoms with Crippen molar-refractivity contribution < 1.29 is 4.74 Å². The lowest BCUT2D eigenvalue weighted by Gasteiger charge is -2.15. The van der Waals surface area contributed by atoms with Crippen LogP contribution in [0.3, 0.4) is 0 Å². The van der Waals surface area contributed by atoms with Crippen LogP contribution in [0, 0.1) is 0 Å². The van der Waals surface area contributed by atoms with Gasteiger partial charge in [0.25, 0.3) is 0 Å². The maximum Gasteiger partial charge on any atom is 0.191 e. The van der Waals surface area contributed by atoms with Crippen molar-refractivity contribution in [3.8, 4) is 11.1 Å². The standard InChI is InChI=1S/C24H30N6O/c1-2-26-24(28-15-22-7-5-13-31-22)27-14-21-6-3-4-8-23(21)20-11-9-19(10-12-20)16-30-18-25-17-29-30/h3-4,6,8-12,17-18,22H,2,5,7,13-16H2,1H3,(H2,26,27,28). The summed E-state index contributed by atoms with van der Waals surface area (Å²) in [6.07, 6.45) is 5.83. The molecule has 1 aliphatic rings. The normalized spacial score (nSPS) is 16.4. The van der Waals surface area contributed by atoms with Gasteiger partial charge in [-0.25, -0.2) is 14.7 Å². The average Bonchev–Trinajstić information content (AvgIpc) is 3.51. The Morgan fingerprint density at radius 3 is 2.77 bits per heavy atom. The number of rotatable bonds is 8. The molecule has 7 heteroatoms. The molecule has 162 valence electrons. The maximum absolute atomic E-state index is 5.71. The minimum atomic E-state index is 0.284. The highest BCUT2D eigenvalue weighted by molar-refractivity contribution is 5.80. The summed E-state index contributed by atoms with van der Waals surface area (Å²) in [5.41, 5.74) is 4.78. The molecule has 1 saturated heterocycles. The third kappa shape index (κ3) is 5.92. The van der Waals surface area contributed by atoms with Crippen molar-refractivity contribution in [3.05, 3.63) is 72.3 Å². The molecule has 0 bridgehead atoms. The lowest BCUT2D eigenvalue weighted by molar-refractivity contribution is 0.114. The van der Waals surface area contributed by atoms with Gasteiger partial charge >= 0.3 is 0 Å². The summed E-state index contributed by atoms with van der Waals surface area (Å²) in [5.74, 6) is 0.830. The Hall–Kier alpha value is -3.19. The fourth-order valence-electron chi connectivity index (χ4n) is 3.75. The molecule has 1 atom stereocenters. The monoisotopic (exact) mass is 418 g/mol. The fourth-order valence-corrected chi connectivity index (χ4v) is 3.75. The number of ether oxygens (including phenoxy) is 1. The number of aliphatic imine (C=N–C) groups is 1. The first-order chi connectivity index (χ1) is 15.3. The second-order valence-corrected chi connectivity index (χ2v) is 7.66. The highest BCUT2D eigenvalue weighted by Crippen LogP contribution is 2.25. The Morgan fingerprint density at radius 1 is 1.16 bits per heavy atom. The third-order valence-corrected chi connectivity index (χ3v) is 5.37. The first kappa shape index (κ1) is 21.1. The van der Waals surface area contributed by atoms with Gasteiger partial charge in [-0.2, -0.15) is 5.10 Å². The quantitative estimate of drug-likeness (QED) is 0.434. The van der Waals surface area contributed by atoms with E-state index in [9.17, 15) is 0 Å². The zero-order valence-electron chi connectivity index (χ0n) is 18.0. The van der Waals surface area contributed by atoms with E-state index < -0.39 is 0 Å². The van der Waals surface area contributed by atoms with Crippen LogP contribution in [0.5, 0.6) is 0 Å². The van der Waals surface area contributed by atoms with E-state index in [4.69, 9.17) is 9.73 Å². The summed E-state index contributed by atoms with van der Waals surface area (Å²) in [6.45, 7) is 5.89. The average molecular weight is 419 g/mol. The fraction of sp³-hybridized carbons (Fsp3) is 0.375. The number of nitrogens with zero attached hydrogens (tertiary/aromatic N) is 4. The van der Waals surface area contributed by atoms with E-state index in [1.807, 2.05) is 4.68 Å². The molecular formula is C24H30N6O. The summed E-state index contributed by atoms with van der Waals surface area (Å²) in [5, 5.41) is 10.9. The summed E-state index contributed by atoms with van der Waals surface area (Å²) in [4.78, 5) is 8.82. The van der Waals surface area contributed by atoms with Gasteiger partial charge in [-0.05, 0) is 42.0 Å². The van der Waals surface area contributed by atoms with E-state index in [0.717, 1.165) is 38.5 Å². The van der Waals surface area contributed by atoms with Crippen LogP contribution in [0.2, 0.25) is 0 Å². The molecule has 3 aromatic rings. The van der Waals surface area contributed by atoms with Crippen LogP contribution in [-0.2, 0) is 17.8 Å². The minimum absolute atomic E-state index is 0.284. The van der Waals surface area contributed by atoms with E-state index in [2.05, 4.69) is 76.2 Å². The summed E-state index contributed by atoms with van der Waals surface area (Å²) >= 11 is 0. The number of nitrogens with one attached hydrogen (secondary N) is 2. The molecule has 0 aliphatic carbocycles. The highest BCUT2D eigenvalue weighted by Gasteiger charge is 2.15. The van der Waals surface area contributed by atoms with Crippen LogP contribution in [-0.4, -0.2) is 46.5 Å². The molecule has 31 heavy (non-hydrogen) atoms. The van der Waals surface area contributed by atoms with Crippen molar-refractivity contribution >= 4 is 5.96 Å². The van der Waals surface area contributed by atoms with Crippen LogP contribution in [0.15, 0.2) is 66.2 Å². The van der Waals surface area contributed by atoms with Gasteiger partial charge < -0.3 is 15.4 Å². The largest absolute Gasteiger partial charge is 0.376 e. The topological polar surface area (TPSA) is 76.4 Å². The zero-order valence-corrected chi connectivity index (χ0v) is 18.0. The molecule has 4 rings (SSSR count). The van der Waals surface area contributed by atoms with Gasteiger partial charge in [-0.3, -0.25) is 0 Å². The van der Waals surface area contributed by atoms with Crippen LogP contribution >= 0.6 is 0 Å². The van der Waals surface area contributed by atoms with Crippen LogP contribution in [0.25, 0.3) is 11.1 Å². The molecule has 2 heterocycles. The van der Waals surface area contributed by atoms with E-state index in [-0.39, 0.29) is 6.10 Å².